The molecule has 0 bridgehead atoms. The Balaban J connectivity index is 1.69. The molecule has 0 spiro atoms. The third kappa shape index (κ3) is 4.16. The minimum atomic E-state index is -0.0849. The van der Waals surface area contributed by atoms with Gasteiger partial charge in [-0.2, -0.15) is 0 Å². The number of hydrogen-bond acceptors (Lipinski definition) is 1. The summed E-state index contributed by atoms with van der Waals surface area (Å²) in [7, 11) is 0. The molecule has 2 N–H and O–H groups in total. The molecule has 0 aromatic heterocycles. The number of rotatable bonds is 6. The Bertz CT molecular complexity index is 601. The molecular formula is C21H26N2O. The Morgan fingerprint density at radius 3 is 1.92 bits per heavy atom. The van der Waals surface area contributed by atoms with Crippen LogP contribution in [0.3, 0.4) is 0 Å². The standard InChI is InChI=1S/C21H26N2O/c1-15(2)19(16-9-5-3-6-10-16)22-21(24)23-20(18-13-14-18)17-11-7-4-8-12-17/h3-12,15,18-20H,13-14H2,1-2H3,(H2,22,23,24)/t19-,20-/m0/s1. The lowest BCUT2D eigenvalue weighted by atomic mass is 9.96. The fourth-order valence-electron chi connectivity index (χ4n) is 3.18. The van der Waals surface area contributed by atoms with Gasteiger partial charge in [0.1, 0.15) is 0 Å². The van der Waals surface area contributed by atoms with Crippen LogP contribution in [0.4, 0.5) is 4.79 Å². The quantitative estimate of drug-likeness (QED) is 0.785. The van der Waals surface area contributed by atoms with Crippen LogP contribution in [0.25, 0.3) is 0 Å². The highest BCUT2D eigenvalue weighted by molar-refractivity contribution is 5.75. The van der Waals surface area contributed by atoms with E-state index in [1.807, 2.05) is 36.4 Å². The molecule has 2 aromatic rings. The Morgan fingerprint density at radius 1 is 0.875 bits per heavy atom. The summed E-state index contributed by atoms with van der Waals surface area (Å²) in [6.07, 6.45) is 2.37. The highest BCUT2D eigenvalue weighted by Crippen LogP contribution is 2.40. The van der Waals surface area contributed by atoms with Gasteiger partial charge < -0.3 is 10.6 Å². The third-order valence-electron chi connectivity index (χ3n) is 4.65. The number of carbonyl (C=O) groups excluding carboxylic acids is 1. The second kappa shape index (κ2) is 7.52. The predicted octanol–water partition coefficient (Wildman–Crippen LogP) is 4.83. The molecule has 1 fully saturated rings. The van der Waals surface area contributed by atoms with Crippen LogP contribution in [0.2, 0.25) is 0 Å². The minimum Gasteiger partial charge on any atom is -0.331 e. The molecule has 1 aliphatic rings. The van der Waals surface area contributed by atoms with E-state index in [1.54, 1.807) is 0 Å². The number of urea groups is 1. The lowest BCUT2D eigenvalue weighted by molar-refractivity contribution is 0.227. The molecule has 2 amide bonds. The largest absolute Gasteiger partial charge is 0.331 e. The van der Waals surface area contributed by atoms with Crippen molar-refractivity contribution in [1.29, 1.82) is 0 Å². The zero-order valence-corrected chi connectivity index (χ0v) is 14.4. The lowest BCUT2D eigenvalue weighted by Gasteiger charge is -2.25. The minimum absolute atomic E-state index is 0.0156. The number of amides is 2. The van der Waals surface area contributed by atoms with Crippen molar-refractivity contribution in [2.45, 2.75) is 38.8 Å². The van der Waals surface area contributed by atoms with Crippen molar-refractivity contribution in [1.82, 2.24) is 10.6 Å². The van der Waals surface area contributed by atoms with Crippen molar-refractivity contribution < 1.29 is 4.79 Å². The zero-order valence-electron chi connectivity index (χ0n) is 14.4. The number of hydrogen-bond donors (Lipinski definition) is 2. The van der Waals surface area contributed by atoms with Crippen LogP contribution in [-0.4, -0.2) is 6.03 Å². The topological polar surface area (TPSA) is 41.1 Å². The second-order valence-electron chi connectivity index (χ2n) is 6.98. The van der Waals surface area contributed by atoms with Crippen LogP contribution in [0.5, 0.6) is 0 Å². The van der Waals surface area contributed by atoms with Crippen LogP contribution >= 0.6 is 0 Å². The van der Waals surface area contributed by atoms with E-state index in [4.69, 9.17) is 0 Å². The van der Waals surface area contributed by atoms with Gasteiger partial charge in [0.15, 0.2) is 0 Å². The Labute approximate surface area is 144 Å². The van der Waals surface area contributed by atoms with E-state index in [0.29, 0.717) is 11.8 Å². The van der Waals surface area contributed by atoms with E-state index >= 15 is 0 Å². The van der Waals surface area contributed by atoms with Crippen molar-refractivity contribution in [2.75, 3.05) is 0 Å². The first-order valence-electron chi connectivity index (χ1n) is 8.82. The molecule has 3 heteroatoms. The summed E-state index contributed by atoms with van der Waals surface area (Å²) in [4.78, 5) is 12.6. The Morgan fingerprint density at radius 2 is 1.42 bits per heavy atom. The van der Waals surface area contributed by atoms with Gasteiger partial charge >= 0.3 is 6.03 Å². The molecule has 0 radical (unpaired) electrons. The second-order valence-corrected chi connectivity index (χ2v) is 6.98. The van der Waals surface area contributed by atoms with Gasteiger partial charge in [0.2, 0.25) is 0 Å². The highest BCUT2D eigenvalue weighted by Gasteiger charge is 2.33. The normalized spacial score (nSPS) is 16.5. The average Bonchev–Trinajstić information content (AvgIpc) is 3.44. The summed E-state index contributed by atoms with van der Waals surface area (Å²) in [6.45, 7) is 4.26. The number of benzene rings is 2. The number of nitrogens with one attached hydrogen (secondary N) is 2. The first kappa shape index (κ1) is 16.6. The molecule has 0 aliphatic heterocycles. The van der Waals surface area contributed by atoms with Crippen LogP contribution in [0.15, 0.2) is 60.7 Å². The summed E-state index contributed by atoms with van der Waals surface area (Å²) >= 11 is 0. The Hall–Kier alpha value is -2.29. The van der Waals surface area contributed by atoms with E-state index in [2.05, 4.69) is 48.7 Å². The molecule has 1 saturated carbocycles. The van der Waals surface area contributed by atoms with Crippen molar-refractivity contribution in [3.63, 3.8) is 0 Å². The van der Waals surface area contributed by atoms with Gasteiger partial charge in [0, 0.05) is 0 Å². The first-order valence-corrected chi connectivity index (χ1v) is 8.82. The van der Waals surface area contributed by atoms with Gasteiger partial charge in [-0.05, 0) is 35.8 Å². The van der Waals surface area contributed by atoms with Gasteiger partial charge in [-0.25, -0.2) is 4.79 Å². The molecule has 3 nitrogen and oxygen atoms in total. The van der Waals surface area contributed by atoms with Crippen LogP contribution in [-0.2, 0) is 0 Å². The van der Waals surface area contributed by atoms with Gasteiger partial charge in [-0.15, -0.1) is 0 Å². The van der Waals surface area contributed by atoms with E-state index < -0.39 is 0 Å². The molecule has 24 heavy (non-hydrogen) atoms. The summed E-state index contributed by atoms with van der Waals surface area (Å²) in [5.41, 5.74) is 2.33. The lowest BCUT2D eigenvalue weighted by Crippen LogP contribution is -2.42. The monoisotopic (exact) mass is 322 g/mol. The average molecular weight is 322 g/mol. The molecule has 2 aromatic carbocycles. The summed E-state index contributed by atoms with van der Waals surface area (Å²) in [5.74, 6) is 0.890. The van der Waals surface area contributed by atoms with Gasteiger partial charge in [0.05, 0.1) is 12.1 Å². The maximum atomic E-state index is 12.6. The fraction of sp³-hybridized carbons (Fsp3) is 0.381. The highest BCUT2D eigenvalue weighted by atomic mass is 16.2. The van der Waals surface area contributed by atoms with Crippen LogP contribution in [0, 0.1) is 11.8 Å². The van der Waals surface area contributed by atoms with Crippen LogP contribution < -0.4 is 10.6 Å². The molecule has 3 rings (SSSR count). The maximum Gasteiger partial charge on any atom is 0.315 e. The molecule has 0 unspecified atom stereocenters. The molecule has 1 aliphatic carbocycles. The molecular weight excluding hydrogens is 296 g/mol. The number of carbonyl (C=O) groups is 1. The summed E-state index contributed by atoms with van der Waals surface area (Å²) in [6, 6.07) is 20.5. The van der Waals surface area contributed by atoms with E-state index in [1.165, 1.54) is 18.4 Å². The van der Waals surface area contributed by atoms with Gasteiger partial charge in [-0.1, -0.05) is 74.5 Å². The third-order valence-corrected chi connectivity index (χ3v) is 4.65. The molecule has 0 saturated heterocycles. The van der Waals surface area contributed by atoms with Gasteiger partial charge in [-0.3, -0.25) is 0 Å². The molecule has 2 atom stereocenters. The smallest absolute Gasteiger partial charge is 0.315 e. The van der Waals surface area contributed by atoms with Crippen molar-refractivity contribution in [3.8, 4) is 0 Å². The molecule has 0 heterocycles. The molecule has 126 valence electrons. The first-order chi connectivity index (χ1) is 11.6. The van der Waals surface area contributed by atoms with E-state index in [0.717, 1.165) is 5.56 Å². The van der Waals surface area contributed by atoms with Crippen molar-refractivity contribution in [3.05, 3.63) is 71.8 Å². The van der Waals surface area contributed by atoms with Gasteiger partial charge in [0.25, 0.3) is 0 Å². The van der Waals surface area contributed by atoms with Crippen LogP contribution in [0.1, 0.15) is 49.9 Å². The zero-order chi connectivity index (χ0) is 16.9. The predicted molar refractivity (Wildman–Crippen MR) is 97.6 cm³/mol. The maximum absolute atomic E-state index is 12.6. The summed E-state index contributed by atoms with van der Waals surface area (Å²) < 4.78 is 0. The SMILES string of the molecule is CC(C)[C@H](NC(=O)N[C@@H](c1ccccc1)C1CC1)c1ccccc1. The van der Waals surface area contributed by atoms with E-state index in [9.17, 15) is 4.79 Å². The summed E-state index contributed by atoms with van der Waals surface area (Å²) in [5, 5.41) is 6.37. The van der Waals surface area contributed by atoms with Crippen molar-refractivity contribution >= 4 is 6.03 Å². The fourth-order valence-corrected chi connectivity index (χ4v) is 3.18. The Kier molecular flexibility index (Phi) is 5.19. The van der Waals surface area contributed by atoms with E-state index in [-0.39, 0.29) is 18.1 Å². The van der Waals surface area contributed by atoms with Crippen molar-refractivity contribution in [2.24, 2.45) is 11.8 Å².